The number of nitrogen functional groups attached to an aromatic ring is 1. The van der Waals surface area contributed by atoms with Gasteiger partial charge < -0.3 is 15.5 Å². The Kier molecular flexibility index (Phi) is 7.48. The second-order valence-electron chi connectivity index (χ2n) is 11.1. The molecule has 1 saturated heterocycles. The molecule has 0 amide bonds. The van der Waals surface area contributed by atoms with Crippen LogP contribution in [0.2, 0.25) is 0 Å². The van der Waals surface area contributed by atoms with Crippen LogP contribution in [0.3, 0.4) is 0 Å². The van der Waals surface area contributed by atoms with E-state index >= 15 is 0 Å². The number of fused-ring (bicyclic) bond motifs is 1. The Hall–Kier alpha value is -3.49. The summed E-state index contributed by atoms with van der Waals surface area (Å²) in [6.07, 6.45) is 6.20. The van der Waals surface area contributed by atoms with Gasteiger partial charge in [-0.3, -0.25) is 4.90 Å². The summed E-state index contributed by atoms with van der Waals surface area (Å²) in [5.74, 6) is 0.496. The van der Waals surface area contributed by atoms with E-state index in [2.05, 4.69) is 97.9 Å². The van der Waals surface area contributed by atoms with E-state index in [0.717, 1.165) is 48.2 Å². The highest BCUT2D eigenvalue weighted by molar-refractivity contribution is 5.98. The van der Waals surface area contributed by atoms with Crippen LogP contribution < -0.4 is 10.6 Å². The molecule has 1 aliphatic carbocycles. The number of likely N-dealkylation sites (N-methyl/N-ethyl adjacent to an activating group) is 1. The molecule has 8 heteroatoms. The fourth-order valence-corrected chi connectivity index (χ4v) is 6.33. The third-order valence-corrected chi connectivity index (χ3v) is 8.69. The second-order valence-corrected chi connectivity index (χ2v) is 11.1. The maximum absolute atomic E-state index is 6.43. The number of nitrogens with zero attached hydrogens (tertiary/aromatic N) is 7. The van der Waals surface area contributed by atoms with Crippen LogP contribution in [0.1, 0.15) is 44.2 Å². The fraction of sp³-hybridized carbons (Fsp3) is 0.452. The summed E-state index contributed by atoms with van der Waals surface area (Å²) in [5, 5.41) is 6.02. The number of aromatic nitrogens is 4. The third kappa shape index (κ3) is 5.36. The van der Waals surface area contributed by atoms with Gasteiger partial charge in [0.15, 0.2) is 5.65 Å². The second kappa shape index (κ2) is 11.3. The lowest BCUT2D eigenvalue weighted by atomic mass is 9.90. The van der Waals surface area contributed by atoms with Gasteiger partial charge in [0.05, 0.1) is 11.4 Å². The van der Waals surface area contributed by atoms with Crippen LogP contribution in [0.5, 0.6) is 0 Å². The van der Waals surface area contributed by atoms with Crippen molar-refractivity contribution in [1.82, 2.24) is 29.5 Å². The van der Waals surface area contributed by atoms with Gasteiger partial charge in [0.1, 0.15) is 17.8 Å². The highest BCUT2D eigenvalue weighted by Gasteiger charge is 2.30. The molecular formula is C31H40N8. The maximum atomic E-state index is 6.43. The van der Waals surface area contributed by atoms with Gasteiger partial charge in [-0.25, -0.2) is 14.6 Å². The van der Waals surface area contributed by atoms with Crippen molar-refractivity contribution < 1.29 is 0 Å². The molecule has 39 heavy (non-hydrogen) atoms. The van der Waals surface area contributed by atoms with Gasteiger partial charge in [0, 0.05) is 56.6 Å². The summed E-state index contributed by atoms with van der Waals surface area (Å²) in [5.41, 5.74) is 11.7. The van der Waals surface area contributed by atoms with Crippen LogP contribution >= 0.6 is 0 Å². The Morgan fingerprint density at radius 1 is 0.872 bits per heavy atom. The average molecular weight is 525 g/mol. The van der Waals surface area contributed by atoms with E-state index in [4.69, 9.17) is 10.8 Å². The first-order valence-electron chi connectivity index (χ1n) is 14.4. The normalized spacial score (nSPS) is 20.9. The van der Waals surface area contributed by atoms with Crippen molar-refractivity contribution in [2.45, 2.75) is 51.2 Å². The molecule has 0 spiro atoms. The minimum absolute atomic E-state index is 0.333. The quantitative estimate of drug-likeness (QED) is 0.371. The monoisotopic (exact) mass is 524 g/mol. The zero-order valence-electron chi connectivity index (χ0n) is 23.2. The van der Waals surface area contributed by atoms with Crippen molar-refractivity contribution in [3.63, 3.8) is 0 Å². The topological polar surface area (TPSA) is 79.3 Å². The summed E-state index contributed by atoms with van der Waals surface area (Å²) in [7, 11) is 2.22. The largest absolute Gasteiger partial charge is 0.383 e. The van der Waals surface area contributed by atoms with Crippen LogP contribution in [-0.2, 0) is 6.54 Å². The molecule has 2 aromatic heterocycles. The maximum Gasteiger partial charge on any atom is 0.164 e. The smallest absolute Gasteiger partial charge is 0.164 e. The van der Waals surface area contributed by atoms with E-state index in [1.807, 2.05) is 0 Å². The van der Waals surface area contributed by atoms with E-state index in [-0.39, 0.29) is 0 Å². The minimum atomic E-state index is 0.333. The van der Waals surface area contributed by atoms with Crippen molar-refractivity contribution in [1.29, 1.82) is 0 Å². The van der Waals surface area contributed by atoms with Crippen LogP contribution in [0.4, 0.5) is 11.5 Å². The summed E-state index contributed by atoms with van der Waals surface area (Å²) in [6.45, 7) is 8.72. The van der Waals surface area contributed by atoms with Crippen LogP contribution in [-0.4, -0.2) is 75.4 Å². The molecule has 6 rings (SSSR count). The standard InChI is InChI=1S/C31H40N8/c1-3-37(21-23-7-5-4-6-8-23)25-11-9-24(10-12-25)29-28-30(32)33-22-34-31(28)39(35-29)27-15-13-26(14-16-27)38-19-17-36(2)18-20-38/h4-12,22,26-27H,3,13-21H2,1-2H3,(H2,32,33,34). The van der Waals surface area contributed by atoms with Crippen molar-refractivity contribution >= 4 is 22.5 Å². The molecule has 2 fully saturated rings. The molecule has 2 aromatic carbocycles. The third-order valence-electron chi connectivity index (χ3n) is 8.69. The number of nitrogens with two attached hydrogens (primary N) is 1. The number of hydrogen-bond donors (Lipinski definition) is 1. The number of piperazine rings is 1. The highest BCUT2D eigenvalue weighted by Crippen LogP contribution is 2.37. The zero-order valence-corrected chi connectivity index (χ0v) is 23.2. The van der Waals surface area contributed by atoms with Gasteiger partial charge in [0.2, 0.25) is 0 Å². The lowest BCUT2D eigenvalue weighted by molar-refractivity contribution is 0.0815. The van der Waals surface area contributed by atoms with E-state index in [1.165, 1.54) is 50.3 Å². The molecule has 0 radical (unpaired) electrons. The van der Waals surface area contributed by atoms with Crippen LogP contribution in [0.15, 0.2) is 60.9 Å². The predicted octanol–water partition coefficient (Wildman–Crippen LogP) is 4.83. The molecule has 2 N–H and O–H groups in total. The summed E-state index contributed by atoms with van der Waals surface area (Å²) < 4.78 is 2.14. The molecule has 0 atom stereocenters. The van der Waals surface area contributed by atoms with Crippen molar-refractivity contribution in [2.24, 2.45) is 0 Å². The Bertz CT molecular complexity index is 1370. The molecule has 3 heterocycles. The van der Waals surface area contributed by atoms with Gasteiger partial charge in [-0.2, -0.15) is 5.10 Å². The first-order valence-corrected chi connectivity index (χ1v) is 14.4. The zero-order chi connectivity index (χ0) is 26.8. The predicted molar refractivity (Wildman–Crippen MR) is 159 cm³/mol. The molecule has 0 bridgehead atoms. The van der Waals surface area contributed by atoms with Crippen molar-refractivity contribution in [3.8, 4) is 11.3 Å². The molecule has 2 aliphatic rings. The Labute approximate surface area is 231 Å². The summed E-state index contributed by atoms with van der Waals surface area (Å²) in [6, 6.07) is 20.3. The van der Waals surface area contributed by atoms with E-state index in [1.54, 1.807) is 6.33 Å². The highest BCUT2D eigenvalue weighted by atomic mass is 15.3. The van der Waals surface area contributed by atoms with Gasteiger partial charge >= 0.3 is 0 Å². The molecule has 4 aromatic rings. The Morgan fingerprint density at radius 2 is 1.56 bits per heavy atom. The number of benzene rings is 2. The Morgan fingerprint density at radius 3 is 2.26 bits per heavy atom. The molecule has 1 aliphatic heterocycles. The van der Waals surface area contributed by atoms with Crippen LogP contribution in [0, 0.1) is 0 Å². The van der Waals surface area contributed by atoms with Gasteiger partial charge in [-0.05, 0) is 57.4 Å². The summed E-state index contributed by atoms with van der Waals surface area (Å²) in [4.78, 5) is 16.5. The lowest BCUT2D eigenvalue weighted by Gasteiger charge is -2.41. The first kappa shape index (κ1) is 25.8. The lowest BCUT2D eigenvalue weighted by Crippen LogP contribution is -2.49. The first-order chi connectivity index (χ1) is 19.1. The van der Waals surface area contributed by atoms with Gasteiger partial charge in [-0.15, -0.1) is 0 Å². The molecule has 204 valence electrons. The van der Waals surface area contributed by atoms with E-state index in [0.29, 0.717) is 17.9 Å². The van der Waals surface area contributed by atoms with E-state index < -0.39 is 0 Å². The minimum Gasteiger partial charge on any atom is -0.383 e. The van der Waals surface area contributed by atoms with E-state index in [9.17, 15) is 0 Å². The summed E-state index contributed by atoms with van der Waals surface area (Å²) >= 11 is 0. The average Bonchev–Trinajstić information content (AvgIpc) is 3.38. The van der Waals surface area contributed by atoms with Gasteiger partial charge in [0.25, 0.3) is 0 Å². The van der Waals surface area contributed by atoms with Crippen molar-refractivity contribution in [2.75, 3.05) is 50.4 Å². The Balaban J connectivity index is 1.23. The van der Waals surface area contributed by atoms with Crippen molar-refractivity contribution in [3.05, 3.63) is 66.5 Å². The molecule has 1 saturated carbocycles. The van der Waals surface area contributed by atoms with Gasteiger partial charge in [-0.1, -0.05) is 42.5 Å². The number of anilines is 2. The number of rotatable bonds is 7. The SMILES string of the molecule is CCN(Cc1ccccc1)c1ccc(-c2nn(C3CCC(N4CCN(C)CC4)CC3)c3ncnc(N)c23)cc1. The molecule has 0 unspecified atom stereocenters. The number of hydrogen-bond acceptors (Lipinski definition) is 7. The van der Waals surface area contributed by atoms with Crippen LogP contribution in [0.25, 0.3) is 22.3 Å². The molecule has 8 nitrogen and oxygen atoms in total. The fourth-order valence-electron chi connectivity index (χ4n) is 6.33. The molecular weight excluding hydrogens is 484 g/mol.